The molecule has 0 bridgehead atoms. The third-order valence-electron chi connectivity index (χ3n) is 5.44. The van der Waals surface area contributed by atoms with Crippen molar-refractivity contribution in [1.82, 2.24) is 9.88 Å². The Morgan fingerprint density at radius 3 is 2.86 bits per heavy atom. The second-order valence-corrected chi connectivity index (χ2v) is 10.2. The Morgan fingerprint density at radius 1 is 1.34 bits per heavy atom. The summed E-state index contributed by atoms with van der Waals surface area (Å²) in [7, 11) is 1.41. The van der Waals surface area contributed by atoms with Crippen LogP contribution in [0.2, 0.25) is 0 Å². The third kappa shape index (κ3) is 4.35. The monoisotopic (exact) mass is 447 g/mol. The zero-order valence-corrected chi connectivity index (χ0v) is 19.2. The first-order chi connectivity index (χ1) is 14.1. The number of thioether (sulfide) groups is 1. The Morgan fingerprint density at radius 2 is 2.17 bits per heavy atom. The van der Waals surface area contributed by atoms with Crippen LogP contribution in [0.3, 0.4) is 0 Å². The molecule has 0 spiro atoms. The van der Waals surface area contributed by atoms with Crippen LogP contribution in [0.25, 0.3) is 11.3 Å². The molecule has 0 N–H and O–H groups in total. The molecular weight excluding hydrogens is 422 g/mol. The highest BCUT2D eigenvalue weighted by molar-refractivity contribution is 8.00. The molecule has 0 radical (unpaired) electrons. The van der Waals surface area contributed by atoms with E-state index in [-0.39, 0.29) is 11.5 Å². The molecule has 1 atom stereocenters. The summed E-state index contributed by atoms with van der Waals surface area (Å²) in [5.74, 6) is -0.298. The molecule has 1 unspecified atom stereocenters. The lowest BCUT2D eigenvalue weighted by atomic mass is 9.96. The Kier molecular flexibility index (Phi) is 6.53. The number of likely N-dealkylation sites (tertiary alicyclic amines) is 1. The van der Waals surface area contributed by atoms with E-state index in [0.29, 0.717) is 4.88 Å². The second-order valence-electron chi connectivity index (χ2n) is 7.26. The number of carbonyl (C=O) groups excluding carboxylic acids is 1. The number of piperidine rings is 1. The number of hydrogen-bond donors (Lipinski definition) is 0. The van der Waals surface area contributed by atoms with Crippen LogP contribution in [-0.2, 0) is 10.3 Å². The standard InChI is InChI=1S/C21H25N3O2S3/c1-26-18(25)17-13-15(19(27-2)29-17)16-14-28-20(23-16)21(7-6-9-22-21)8-12-24-10-4-3-5-11-24/h6-7,9,13-14H,3-5,8,10-12H2,1-2H3. The van der Waals surface area contributed by atoms with Crippen molar-refractivity contribution in [2.24, 2.45) is 4.99 Å². The van der Waals surface area contributed by atoms with Crippen LogP contribution >= 0.6 is 34.4 Å². The van der Waals surface area contributed by atoms with Crippen molar-refractivity contribution >= 4 is 46.6 Å². The average molecular weight is 448 g/mol. The van der Waals surface area contributed by atoms with Gasteiger partial charge in [-0.25, -0.2) is 9.78 Å². The minimum atomic E-state index is -0.360. The first kappa shape index (κ1) is 20.8. The number of nitrogens with zero attached hydrogens (tertiary/aromatic N) is 3. The first-order valence-corrected chi connectivity index (χ1v) is 12.8. The van der Waals surface area contributed by atoms with Gasteiger partial charge in [0, 0.05) is 23.7 Å². The van der Waals surface area contributed by atoms with E-state index in [1.807, 2.05) is 24.6 Å². The van der Waals surface area contributed by atoms with Gasteiger partial charge >= 0.3 is 5.97 Å². The fourth-order valence-corrected chi connectivity index (χ4v) is 6.60. The van der Waals surface area contributed by atoms with Crippen LogP contribution in [0.4, 0.5) is 0 Å². The van der Waals surface area contributed by atoms with Gasteiger partial charge in [-0.2, -0.15) is 0 Å². The van der Waals surface area contributed by atoms with Gasteiger partial charge in [0.05, 0.1) is 17.0 Å². The molecule has 2 aliphatic heterocycles. The maximum atomic E-state index is 12.0. The van der Waals surface area contributed by atoms with E-state index < -0.39 is 0 Å². The molecule has 1 fully saturated rings. The lowest BCUT2D eigenvalue weighted by Gasteiger charge is -2.30. The maximum absolute atomic E-state index is 12.0. The first-order valence-electron chi connectivity index (χ1n) is 9.83. The topological polar surface area (TPSA) is 54.8 Å². The molecule has 2 aromatic rings. The van der Waals surface area contributed by atoms with Gasteiger partial charge in [0.15, 0.2) is 0 Å². The molecule has 0 aliphatic carbocycles. The van der Waals surface area contributed by atoms with E-state index in [9.17, 15) is 4.79 Å². The van der Waals surface area contributed by atoms with Crippen molar-refractivity contribution in [2.45, 2.75) is 35.4 Å². The lowest BCUT2D eigenvalue weighted by Crippen LogP contribution is -2.34. The lowest BCUT2D eigenvalue weighted by molar-refractivity contribution is 0.0606. The number of ether oxygens (including phenoxy) is 1. The Labute approximate surface area is 183 Å². The highest BCUT2D eigenvalue weighted by Gasteiger charge is 2.34. The molecule has 0 amide bonds. The second kappa shape index (κ2) is 9.12. The van der Waals surface area contributed by atoms with Crippen LogP contribution < -0.4 is 0 Å². The molecule has 2 aliphatic rings. The summed E-state index contributed by atoms with van der Waals surface area (Å²) in [6.45, 7) is 3.42. The van der Waals surface area contributed by atoms with Gasteiger partial charge < -0.3 is 9.64 Å². The van der Waals surface area contributed by atoms with Crippen molar-refractivity contribution < 1.29 is 9.53 Å². The number of rotatable bonds is 7. The van der Waals surface area contributed by atoms with Gasteiger partial charge in [0.1, 0.15) is 15.4 Å². The van der Waals surface area contributed by atoms with E-state index >= 15 is 0 Å². The number of hydrogen-bond acceptors (Lipinski definition) is 8. The van der Waals surface area contributed by atoms with Crippen LogP contribution in [0, 0.1) is 0 Å². The molecule has 5 nitrogen and oxygen atoms in total. The quantitative estimate of drug-likeness (QED) is 0.437. The number of thiophene rings is 1. The van der Waals surface area contributed by atoms with Gasteiger partial charge in [-0.05, 0) is 56.8 Å². The summed E-state index contributed by atoms with van der Waals surface area (Å²) in [4.78, 5) is 24.9. The molecule has 8 heteroatoms. The average Bonchev–Trinajstić information content (AvgIpc) is 3.51. The van der Waals surface area contributed by atoms with Gasteiger partial charge in [-0.15, -0.1) is 34.4 Å². The van der Waals surface area contributed by atoms with Crippen LogP contribution in [0.15, 0.2) is 32.8 Å². The minimum Gasteiger partial charge on any atom is -0.465 e. The number of allylic oxidation sites excluding steroid dienone is 1. The molecular formula is C21H25N3O2S3. The number of aromatic nitrogens is 1. The van der Waals surface area contributed by atoms with Gasteiger partial charge in [0.2, 0.25) is 0 Å². The predicted molar refractivity (Wildman–Crippen MR) is 123 cm³/mol. The summed E-state index contributed by atoms with van der Waals surface area (Å²) in [5.41, 5.74) is 1.55. The van der Waals surface area contributed by atoms with Crippen molar-refractivity contribution in [3.05, 3.63) is 33.5 Å². The smallest absolute Gasteiger partial charge is 0.348 e. The van der Waals surface area contributed by atoms with Crippen LogP contribution in [0.1, 0.15) is 40.4 Å². The molecule has 154 valence electrons. The van der Waals surface area contributed by atoms with E-state index in [4.69, 9.17) is 14.7 Å². The summed E-state index contributed by atoms with van der Waals surface area (Å²) in [5, 5.41) is 3.11. The molecule has 1 saturated heterocycles. The van der Waals surface area contributed by atoms with E-state index in [2.05, 4.69) is 16.4 Å². The minimum absolute atomic E-state index is 0.298. The van der Waals surface area contributed by atoms with Crippen molar-refractivity contribution in [1.29, 1.82) is 0 Å². The molecule has 0 saturated carbocycles. The van der Waals surface area contributed by atoms with Crippen LogP contribution in [-0.4, -0.2) is 55.1 Å². The van der Waals surface area contributed by atoms with Gasteiger partial charge in [-0.3, -0.25) is 4.99 Å². The Bertz CT molecular complexity index is 914. The van der Waals surface area contributed by atoms with Crippen LogP contribution in [0.5, 0.6) is 0 Å². The molecule has 4 rings (SSSR count). The Balaban J connectivity index is 1.58. The van der Waals surface area contributed by atoms with Crippen molar-refractivity contribution in [3.8, 4) is 11.3 Å². The van der Waals surface area contributed by atoms with Crippen molar-refractivity contribution in [2.75, 3.05) is 33.0 Å². The predicted octanol–water partition coefficient (Wildman–Crippen LogP) is 5.09. The normalized spacial score (nSPS) is 21.7. The summed E-state index contributed by atoms with van der Waals surface area (Å²) in [6, 6.07) is 1.90. The molecule has 2 aromatic heterocycles. The SMILES string of the molecule is COC(=O)c1cc(-c2csc(C3(CCN4CCCCC4)C=CC=N3)n2)c(SC)s1. The summed E-state index contributed by atoms with van der Waals surface area (Å²) >= 11 is 4.75. The zero-order chi connectivity index (χ0) is 20.3. The highest BCUT2D eigenvalue weighted by Crippen LogP contribution is 2.42. The maximum Gasteiger partial charge on any atom is 0.348 e. The van der Waals surface area contributed by atoms with E-state index in [1.54, 1.807) is 23.1 Å². The molecule has 0 aromatic carbocycles. The fourth-order valence-electron chi connectivity index (χ4n) is 3.82. The van der Waals surface area contributed by atoms with Crippen molar-refractivity contribution in [3.63, 3.8) is 0 Å². The highest BCUT2D eigenvalue weighted by atomic mass is 32.2. The number of aliphatic imine (C=N–C) groups is 1. The number of thiazole rings is 1. The summed E-state index contributed by atoms with van der Waals surface area (Å²) < 4.78 is 5.97. The number of esters is 1. The van der Waals surface area contributed by atoms with E-state index in [1.165, 1.54) is 50.8 Å². The number of methoxy groups -OCH3 is 1. The summed E-state index contributed by atoms with van der Waals surface area (Å²) in [6.07, 6.45) is 13.0. The third-order valence-corrected chi connectivity index (χ3v) is 8.70. The van der Waals surface area contributed by atoms with E-state index in [0.717, 1.165) is 33.4 Å². The van der Waals surface area contributed by atoms with Gasteiger partial charge in [-0.1, -0.05) is 6.42 Å². The fraction of sp³-hybridized carbons (Fsp3) is 0.476. The Hall–Kier alpha value is -1.48. The zero-order valence-electron chi connectivity index (χ0n) is 16.7. The largest absolute Gasteiger partial charge is 0.465 e. The molecule has 4 heterocycles. The molecule has 29 heavy (non-hydrogen) atoms. The number of carbonyl (C=O) groups is 1. The van der Waals surface area contributed by atoms with Gasteiger partial charge in [0.25, 0.3) is 0 Å².